The van der Waals surface area contributed by atoms with Gasteiger partial charge in [0.1, 0.15) is 0 Å². The van der Waals surface area contributed by atoms with E-state index in [9.17, 15) is 0 Å². The average Bonchev–Trinajstić information content (AvgIpc) is 2.39. The summed E-state index contributed by atoms with van der Waals surface area (Å²) in [5, 5.41) is 0. The highest BCUT2D eigenvalue weighted by Crippen LogP contribution is 2.24. The molecule has 92 valence electrons. The summed E-state index contributed by atoms with van der Waals surface area (Å²) in [4.78, 5) is 8.64. The van der Waals surface area contributed by atoms with Gasteiger partial charge in [0.15, 0.2) is 5.96 Å². The predicted molar refractivity (Wildman–Crippen MR) is 70.9 cm³/mol. The Kier molecular flexibility index (Phi) is 3.64. The minimum Gasteiger partial charge on any atom is -0.370 e. The second-order valence-electron chi connectivity index (χ2n) is 4.46. The lowest BCUT2D eigenvalue weighted by Crippen LogP contribution is -2.51. The maximum absolute atomic E-state index is 5.98. The Morgan fingerprint density at radius 2 is 2.00 bits per heavy atom. The molecule has 0 aliphatic carbocycles. The highest BCUT2D eigenvalue weighted by molar-refractivity contribution is 5.78. The minimum atomic E-state index is 0.304. The van der Waals surface area contributed by atoms with E-state index in [1.54, 1.807) is 7.05 Å². The molecule has 1 aliphatic heterocycles. The van der Waals surface area contributed by atoms with Crippen LogP contribution in [0, 0.1) is 0 Å². The van der Waals surface area contributed by atoms with Crippen molar-refractivity contribution in [1.82, 2.24) is 9.80 Å². The highest BCUT2D eigenvalue weighted by Gasteiger charge is 2.27. The van der Waals surface area contributed by atoms with Crippen LogP contribution in [0.3, 0.4) is 0 Å². The van der Waals surface area contributed by atoms with Crippen LogP contribution < -0.4 is 5.73 Å². The van der Waals surface area contributed by atoms with Crippen LogP contribution in [0.1, 0.15) is 11.6 Å². The normalized spacial score (nSPS) is 22.8. The van der Waals surface area contributed by atoms with Crippen molar-refractivity contribution in [2.45, 2.75) is 6.04 Å². The molecular formula is C13H20N4. The number of benzene rings is 1. The van der Waals surface area contributed by atoms with E-state index in [1.807, 2.05) is 6.07 Å². The molecule has 4 nitrogen and oxygen atoms in total. The zero-order chi connectivity index (χ0) is 12.3. The average molecular weight is 232 g/mol. The van der Waals surface area contributed by atoms with E-state index in [0.717, 1.165) is 19.6 Å². The molecule has 0 saturated carbocycles. The summed E-state index contributed by atoms with van der Waals surface area (Å²) in [6, 6.07) is 10.8. The van der Waals surface area contributed by atoms with Crippen LogP contribution in [0.2, 0.25) is 0 Å². The summed E-state index contributed by atoms with van der Waals surface area (Å²) < 4.78 is 0. The van der Waals surface area contributed by atoms with Crippen LogP contribution in [-0.2, 0) is 0 Å². The van der Waals surface area contributed by atoms with Gasteiger partial charge in [-0.1, -0.05) is 30.3 Å². The van der Waals surface area contributed by atoms with Gasteiger partial charge < -0.3 is 15.5 Å². The molecular weight excluding hydrogens is 212 g/mol. The summed E-state index contributed by atoms with van der Waals surface area (Å²) in [6.45, 7) is 2.94. The SMILES string of the molecule is CN=C(N)N1CCN(C)CC1c1ccccc1. The summed E-state index contributed by atoms with van der Waals surface area (Å²) in [6.07, 6.45) is 0. The van der Waals surface area contributed by atoms with Crippen molar-refractivity contribution in [3.63, 3.8) is 0 Å². The lowest BCUT2D eigenvalue weighted by atomic mass is 10.0. The van der Waals surface area contributed by atoms with Crippen molar-refractivity contribution in [2.24, 2.45) is 10.7 Å². The lowest BCUT2D eigenvalue weighted by Gasteiger charge is -2.40. The molecule has 1 atom stereocenters. The van der Waals surface area contributed by atoms with Gasteiger partial charge >= 0.3 is 0 Å². The Morgan fingerprint density at radius 3 is 2.65 bits per heavy atom. The van der Waals surface area contributed by atoms with Crippen molar-refractivity contribution in [1.29, 1.82) is 0 Å². The molecule has 1 saturated heterocycles. The van der Waals surface area contributed by atoms with E-state index < -0.39 is 0 Å². The summed E-state index contributed by atoms with van der Waals surface area (Å²) in [5.41, 5.74) is 7.28. The number of hydrogen-bond acceptors (Lipinski definition) is 2. The first-order chi connectivity index (χ1) is 8.22. The standard InChI is InChI=1S/C13H20N4/c1-15-13(14)17-9-8-16(2)10-12(17)11-6-4-3-5-7-11/h3-7,12H,8-10H2,1-2H3,(H2,14,15). The number of likely N-dealkylation sites (N-methyl/N-ethyl adjacent to an activating group) is 1. The van der Waals surface area contributed by atoms with Gasteiger partial charge in [-0.2, -0.15) is 0 Å². The molecule has 17 heavy (non-hydrogen) atoms. The second kappa shape index (κ2) is 5.19. The van der Waals surface area contributed by atoms with Crippen LogP contribution >= 0.6 is 0 Å². The van der Waals surface area contributed by atoms with Gasteiger partial charge in [0.2, 0.25) is 0 Å². The molecule has 1 fully saturated rings. The topological polar surface area (TPSA) is 44.9 Å². The fraction of sp³-hybridized carbons (Fsp3) is 0.462. The first-order valence-electron chi connectivity index (χ1n) is 5.94. The van der Waals surface area contributed by atoms with Crippen LogP contribution in [0.5, 0.6) is 0 Å². The van der Waals surface area contributed by atoms with Crippen molar-refractivity contribution in [3.05, 3.63) is 35.9 Å². The first-order valence-corrected chi connectivity index (χ1v) is 5.94. The summed E-state index contributed by atoms with van der Waals surface area (Å²) in [7, 11) is 3.89. The predicted octanol–water partition coefficient (Wildman–Crippen LogP) is 0.920. The van der Waals surface area contributed by atoms with Crippen molar-refractivity contribution in [2.75, 3.05) is 33.7 Å². The third-order valence-corrected chi connectivity index (χ3v) is 3.29. The number of hydrogen-bond donors (Lipinski definition) is 1. The molecule has 1 aromatic carbocycles. The van der Waals surface area contributed by atoms with Crippen LogP contribution in [0.4, 0.5) is 0 Å². The molecule has 0 radical (unpaired) electrons. The molecule has 2 rings (SSSR count). The molecule has 4 heteroatoms. The number of piperazine rings is 1. The summed E-state index contributed by atoms with van der Waals surface area (Å²) in [5.74, 6) is 0.631. The van der Waals surface area contributed by atoms with Crippen LogP contribution in [0.15, 0.2) is 35.3 Å². The minimum absolute atomic E-state index is 0.304. The molecule has 1 aliphatic rings. The molecule has 2 N–H and O–H groups in total. The Bertz CT molecular complexity index is 388. The van der Waals surface area contributed by atoms with Crippen molar-refractivity contribution < 1.29 is 0 Å². The Morgan fingerprint density at radius 1 is 1.29 bits per heavy atom. The van der Waals surface area contributed by atoms with E-state index in [4.69, 9.17) is 5.73 Å². The van der Waals surface area contributed by atoms with E-state index in [-0.39, 0.29) is 0 Å². The molecule has 1 aromatic rings. The second-order valence-corrected chi connectivity index (χ2v) is 4.46. The van der Waals surface area contributed by atoms with Crippen LogP contribution in [0.25, 0.3) is 0 Å². The molecule has 1 unspecified atom stereocenters. The van der Waals surface area contributed by atoms with E-state index in [1.165, 1.54) is 5.56 Å². The monoisotopic (exact) mass is 232 g/mol. The zero-order valence-corrected chi connectivity index (χ0v) is 10.5. The Balaban J connectivity index is 2.26. The molecule has 0 aromatic heterocycles. The van der Waals surface area contributed by atoms with Crippen molar-refractivity contribution >= 4 is 5.96 Å². The maximum atomic E-state index is 5.98. The largest absolute Gasteiger partial charge is 0.370 e. The lowest BCUT2D eigenvalue weighted by molar-refractivity contribution is 0.150. The summed E-state index contributed by atoms with van der Waals surface area (Å²) >= 11 is 0. The van der Waals surface area contributed by atoms with Gasteiger partial charge in [-0.25, -0.2) is 0 Å². The number of aliphatic imine (C=N–C) groups is 1. The molecule has 0 spiro atoms. The number of nitrogens with two attached hydrogens (primary N) is 1. The van der Waals surface area contributed by atoms with Gasteiger partial charge in [0, 0.05) is 26.7 Å². The van der Waals surface area contributed by atoms with Gasteiger partial charge in [0.25, 0.3) is 0 Å². The first kappa shape index (κ1) is 11.9. The van der Waals surface area contributed by atoms with Gasteiger partial charge in [0.05, 0.1) is 6.04 Å². The number of nitrogens with zero attached hydrogens (tertiary/aromatic N) is 3. The Labute approximate surface area is 103 Å². The fourth-order valence-corrected chi connectivity index (χ4v) is 2.28. The van der Waals surface area contributed by atoms with E-state index >= 15 is 0 Å². The van der Waals surface area contributed by atoms with Gasteiger partial charge in [-0.15, -0.1) is 0 Å². The molecule has 0 bridgehead atoms. The zero-order valence-electron chi connectivity index (χ0n) is 10.5. The maximum Gasteiger partial charge on any atom is 0.191 e. The van der Waals surface area contributed by atoms with Gasteiger partial charge in [-0.3, -0.25) is 4.99 Å². The van der Waals surface area contributed by atoms with Gasteiger partial charge in [-0.05, 0) is 12.6 Å². The smallest absolute Gasteiger partial charge is 0.191 e. The fourth-order valence-electron chi connectivity index (χ4n) is 2.28. The van der Waals surface area contributed by atoms with Crippen molar-refractivity contribution in [3.8, 4) is 0 Å². The molecule has 1 heterocycles. The number of guanidine groups is 1. The Hall–Kier alpha value is -1.55. The molecule has 0 amide bonds. The van der Waals surface area contributed by atoms with E-state index in [0.29, 0.717) is 12.0 Å². The quantitative estimate of drug-likeness (QED) is 0.578. The third-order valence-electron chi connectivity index (χ3n) is 3.29. The van der Waals surface area contributed by atoms with Crippen LogP contribution in [-0.4, -0.2) is 49.5 Å². The highest BCUT2D eigenvalue weighted by atomic mass is 15.3. The van der Waals surface area contributed by atoms with E-state index in [2.05, 4.69) is 46.1 Å². The third kappa shape index (κ3) is 2.58. The number of rotatable bonds is 1.